The molecule has 0 aliphatic heterocycles. The van der Waals surface area contributed by atoms with Gasteiger partial charge in [0.2, 0.25) is 0 Å². The predicted octanol–water partition coefficient (Wildman–Crippen LogP) is 4.95. The summed E-state index contributed by atoms with van der Waals surface area (Å²) in [5.74, 6) is 0.752. The topological polar surface area (TPSA) is 43.3 Å². The fraction of sp³-hybridized carbons (Fsp3) is 0.353. The third-order valence-corrected chi connectivity index (χ3v) is 6.39. The highest BCUT2D eigenvalue weighted by molar-refractivity contribution is 7.17. The quantitative estimate of drug-likeness (QED) is 0.697. The summed E-state index contributed by atoms with van der Waals surface area (Å²) in [6, 6.07) is 5.63. The zero-order chi connectivity index (χ0) is 16.1. The fourth-order valence-electron chi connectivity index (χ4n) is 3.35. The molecule has 0 saturated carbocycles. The van der Waals surface area contributed by atoms with Gasteiger partial charge in [0.25, 0.3) is 0 Å². The number of nitrogens with two attached hydrogens (primary N) is 1. The van der Waals surface area contributed by atoms with Crippen LogP contribution in [0.25, 0.3) is 16.2 Å². The molecular weight excluding hydrogens is 349 g/mol. The van der Waals surface area contributed by atoms with Gasteiger partial charge >= 0.3 is 0 Å². The van der Waals surface area contributed by atoms with Gasteiger partial charge in [-0.2, -0.15) is 0 Å². The van der Waals surface area contributed by atoms with Crippen molar-refractivity contribution in [2.45, 2.75) is 32.7 Å². The molecule has 2 N–H and O–H groups in total. The van der Waals surface area contributed by atoms with Gasteiger partial charge in [0.05, 0.1) is 21.4 Å². The summed E-state index contributed by atoms with van der Waals surface area (Å²) >= 11 is 14.0. The molecule has 4 rings (SSSR count). The molecule has 3 aromatic rings. The van der Waals surface area contributed by atoms with Gasteiger partial charge in [-0.3, -0.25) is 4.40 Å². The summed E-state index contributed by atoms with van der Waals surface area (Å²) in [5.41, 5.74) is 10.4. The molecule has 2 aromatic heterocycles. The van der Waals surface area contributed by atoms with Gasteiger partial charge in [0.1, 0.15) is 0 Å². The second kappa shape index (κ2) is 5.78. The molecule has 0 saturated heterocycles. The van der Waals surface area contributed by atoms with E-state index in [0.29, 0.717) is 16.6 Å². The molecule has 23 heavy (non-hydrogen) atoms. The van der Waals surface area contributed by atoms with Crippen molar-refractivity contribution in [3.05, 3.63) is 44.5 Å². The van der Waals surface area contributed by atoms with Gasteiger partial charge in [-0.15, -0.1) is 11.3 Å². The lowest BCUT2D eigenvalue weighted by Gasteiger charge is -2.18. The van der Waals surface area contributed by atoms with Crippen LogP contribution in [0.5, 0.6) is 0 Å². The lowest BCUT2D eigenvalue weighted by molar-refractivity contribution is 0.498. The maximum atomic E-state index is 6.17. The van der Waals surface area contributed by atoms with E-state index < -0.39 is 0 Å². The minimum atomic E-state index is 0.454. The Hall–Kier alpha value is -1.07. The number of aromatic nitrogens is 2. The Kier molecular flexibility index (Phi) is 3.88. The summed E-state index contributed by atoms with van der Waals surface area (Å²) in [6.45, 7) is 2.77. The Morgan fingerprint density at radius 3 is 2.91 bits per heavy atom. The molecular formula is C17H17Cl2N3S. The molecule has 0 amide bonds. The Labute approximate surface area is 149 Å². The van der Waals surface area contributed by atoms with E-state index >= 15 is 0 Å². The van der Waals surface area contributed by atoms with Crippen LogP contribution in [0, 0.1) is 5.92 Å². The standard InChI is InChI=1S/C17H17Cl2N3S/c1-9-2-5-13-15(6-9)23-17-21-16(14(8-20)22(13)17)10-3-4-11(18)12(19)7-10/h3-4,7,9H,2,5-6,8,20H2,1H3. The number of hydrogen-bond acceptors (Lipinski definition) is 3. The number of hydrogen-bond donors (Lipinski definition) is 1. The molecule has 0 spiro atoms. The van der Waals surface area contributed by atoms with Gasteiger partial charge in [0, 0.05) is 22.7 Å². The van der Waals surface area contributed by atoms with Gasteiger partial charge in [-0.25, -0.2) is 4.98 Å². The highest BCUT2D eigenvalue weighted by Crippen LogP contribution is 2.37. The molecule has 0 fully saturated rings. The Morgan fingerprint density at radius 2 is 2.17 bits per heavy atom. The van der Waals surface area contributed by atoms with Crippen molar-refractivity contribution in [2.24, 2.45) is 11.7 Å². The Balaban J connectivity index is 1.91. The number of nitrogens with zero attached hydrogens (tertiary/aromatic N) is 2. The van der Waals surface area contributed by atoms with Crippen molar-refractivity contribution in [1.82, 2.24) is 9.38 Å². The first kappa shape index (κ1) is 15.5. The first-order chi connectivity index (χ1) is 11.1. The van der Waals surface area contributed by atoms with E-state index in [2.05, 4.69) is 11.3 Å². The molecule has 1 unspecified atom stereocenters. The predicted molar refractivity (Wildman–Crippen MR) is 97.6 cm³/mol. The van der Waals surface area contributed by atoms with Gasteiger partial charge in [-0.1, -0.05) is 36.2 Å². The van der Waals surface area contributed by atoms with Gasteiger partial charge < -0.3 is 5.73 Å². The average Bonchev–Trinajstić information content (AvgIpc) is 3.04. The highest BCUT2D eigenvalue weighted by Gasteiger charge is 2.25. The Bertz CT molecular complexity index is 897. The largest absolute Gasteiger partial charge is 0.325 e. The van der Waals surface area contributed by atoms with Crippen molar-refractivity contribution >= 4 is 39.5 Å². The summed E-state index contributed by atoms with van der Waals surface area (Å²) in [7, 11) is 0. The van der Waals surface area contributed by atoms with Crippen LogP contribution in [0.15, 0.2) is 18.2 Å². The molecule has 1 aliphatic rings. The third-order valence-electron chi connectivity index (χ3n) is 4.54. The first-order valence-electron chi connectivity index (χ1n) is 7.76. The van der Waals surface area contributed by atoms with Gasteiger partial charge in [0.15, 0.2) is 4.96 Å². The van der Waals surface area contributed by atoms with Crippen LogP contribution in [-0.2, 0) is 19.4 Å². The maximum absolute atomic E-state index is 6.17. The molecule has 0 radical (unpaired) electrons. The number of halogens is 2. The van der Waals surface area contributed by atoms with Crippen molar-refractivity contribution in [2.75, 3.05) is 0 Å². The number of benzene rings is 1. The fourth-order valence-corrected chi connectivity index (χ4v) is 4.99. The van der Waals surface area contributed by atoms with Crippen LogP contribution in [0.2, 0.25) is 10.0 Å². The zero-order valence-corrected chi connectivity index (χ0v) is 15.1. The van der Waals surface area contributed by atoms with Gasteiger partial charge in [-0.05, 0) is 37.3 Å². The number of thiazole rings is 1. The number of fused-ring (bicyclic) bond motifs is 3. The Morgan fingerprint density at radius 1 is 1.35 bits per heavy atom. The van der Waals surface area contributed by atoms with Crippen molar-refractivity contribution in [1.29, 1.82) is 0 Å². The van der Waals surface area contributed by atoms with E-state index in [-0.39, 0.29) is 0 Å². The zero-order valence-electron chi connectivity index (χ0n) is 12.8. The van der Waals surface area contributed by atoms with Crippen LogP contribution in [-0.4, -0.2) is 9.38 Å². The van der Waals surface area contributed by atoms with E-state index in [0.717, 1.165) is 40.7 Å². The molecule has 3 nitrogen and oxygen atoms in total. The van der Waals surface area contributed by atoms with Crippen LogP contribution >= 0.6 is 34.5 Å². The minimum Gasteiger partial charge on any atom is -0.325 e. The number of aryl methyl sites for hydroxylation is 1. The van der Waals surface area contributed by atoms with E-state index in [1.807, 2.05) is 18.2 Å². The normalized spacial score (nSPS) is 17.7. The third kappa shape index (κ3) is 2.49. The lowest BCUT2D eigenvalue weighted by Crippen LogP contribution is -2.13. The maximum Gasteiger partial charge on any atom is 0.194 e. The monoisotopic (exact) mass is 365 g/mol. The smallest absolute Gasteiger partial charge is 0.194 e. The average molecular weight is 366 g/mol. The molecule has 120 valence electrons. The van der Waals surface area contributed by atoms with Crippen LogP contribution < -0.4 is 5.73 Å². The van der Waals surface area contributed by atoms with E-state index in [1.54, 1.807) is 11.3 Å². The summed E-state index contributed by atoms with van der Waals surface area (Å²) in [5, 5.41) is 1.09. The minimum absolute atomic E-state index is 0.454. The highest BCUT2D eigenvalue weighted by atomic mass is 35.5. The van der Waals surface area contributed by atoms with E-state index in [4.69, 9.17) is 33.9 Å². The van der Waals surface area contributed by atoms with Crippen LogP contribution in [0.1, 0.15) is 29.6 Å². The molecule has 1 aromatic carbocycles. The molecule has 1 atom stereocenters. The number of imidazole rings is 1. The SMILES string of the molecule is CC1CCc2c(sc3nc(-c4ccc(Cl)c(Cl)c4)c(CN)n23)C1. The van der Waals surface area contributed by atoms with Crippen LogP contribution in [0.3, 0.4) is 0 Å². The molecule has 1 aliphatic carbocycles. The van der Waals surface area contributed by atoms with E-state index in [9.17, 15) is 0 Å². The lowest BCUT2D eigenvalue weighted by atomic mass is 9.93. The molecule has 2 heterocycles. The number of rotatable bonds is 2. The summed E-state index contributed by atoms with van der Waals surface area (Å²) in [6.07, 6.45) is 3.47. The van der Waals surface area contributed by atoms with Crippen molar-refractivity contribution < 1.29 is 0 Å². The van der Waals surface area contributed by atoms with Crippen molar-refractivity contribution in [3.8, 4) is 11.3 Å². The summed E-state index contributed by atoms with van der Waals surface area (Å²) in [4.78, 5) is 7.35. The van der Waals surface area contributed by atoms with E-state index in [1.165, 1.54) is 17.0 Å². The second-order valence-corrected chi connectivity index (χ2v) is 8.05. The van der Waals surface area contributed by atoms with Crippen molar-refractivity contribution in [3.63, 3.8) is 0 Å². The molecule has 6 heteroatoms. The van der Waals surface area contributed by atoms with Crippen LogP contribution in [0.4, 0.5) is 0 Å². The second-order valence-electron chi connectivity index (χ2n) is 6.18. The summed E-state index contributed by atoms with van der Waals surface area (Å²) < 4.78 is 2.27. The molecule has 0 bridgehead atoms. The first-order valence-corrected chi connectivity index (χ1v) is 9.33.